The van der Waals surface area contributed by atoms with E-state index in [0.717, 1.165) is 11.3 Å². The van der Waals surface area contributed by atoms with E-state index in [2.05, 4.69) is 10.3 Å². The van der Waals surface area contributed by atoms with Crippen LogP contribution >= 0.6 is 34.5 Å². The van der Waals surface area contributed by atoms with E-state index in [1.54, 1.807) is 42.5 Å². The van der Waals surface area contributed by atoms with Gasteiger partial charge in [-0.25, -0.2) is 4.98 Å². The lowest BCUT2D eigenvalue weighted by atomic mass is 10.3. The lowest BCUT2D eigenvalue weighted by Gasteiger charge is -2.04. The van der Waals surface area contributed by atoms with Crippen molar-refractivity contribution in [3.05, 3.63) is 74.5 Å². The Hall–Kier alpha value is -2.08. The van der Waals surface area contributed by atoms with E-state index >= 15 is 0 Å². The van der Waals surface area contributed by atoms with Gasteiger partial charge in [0, 0.05) is 16.8 Å². The molecule has 0 aliphatic rings. The molecule has 0 saturated carbocycles. The number of rotatable bonds is 5. The van der Waals surface area contributed by atoms with E-state index in [-0.39, 0.29) is 5.91 Å². The summed E-state index contributed by atoms with van der Waals surface area (Å²) in [5.74, 6) is 0.964. The number of benzene rings is 1. The molecule has 3 rings (SSSR count). The molecule has 1 N–H and O–H groups in total. The highest BCUT2D eigenvalue weighted by Gasteiger charge is 2.10. The topological polar surface area (TPSA) is 51.2 Å². The zero-order chi connectivity index (χ0) is 16.9. The van der Waals surface area contributed by atoms with Crippen molar-refractivity contribution in [3.8, 4) is 5.75 Å². The van der Waals surface area contributed by atoms with E-state index in [4.69, 9.17) is 27.9 Å². The van der Waals surface area contributed by atoms with Crippen molar-refractivity contribution >= 4 is 46.3 Å². The smallest absolute Gasteiger partial charge is 0.266 e. The number of nitrogens with one attached hydrogen (secondary N) is 1. The molecule has 4 nitrogen and oxygen atoms in total. The lowest BCUT2D eigenvalue weighted by Crippen LogP contribution is -2.11. The van der Waals surface area contributed by atoms with E-state index < -0.39 is 0 Å². The Morgan fingerprint density at radius 1 is 1.12 bits per heavy atom. The highest BCUT2D eigenvalue weighted by Crippen LogP contribution is 2.20. The maximum Gasteiger partial charge on any atom is 0.266 e. The number of anilines is 1. The summed E-state index contributed by atoms with van der Waals surface area (Å²) in [6, 6.07) is 12.3. The fraction of sp³-hybridized carbons (Fsp3) is 0.0588. The van der Waals surface area contributed by atoms with Crippen molar-refractivity contribution in [1.29, 1.82) is 0 Å². The molecule has 0 atom stereocenters. The number of carbonyl (C=O) groups is 1. The Labute approximate surface area is 153 Å². The molecule has 2 aromatic heterocycles. The predicted octanol–water partition coefficient (Wildman–Crippen LogP) is 5.28. The van der Waals surface area contributed by atoms with Gasteiger partial charge in [-0.05, 0) is 47.8 Å². The summed E-state index contributed by atoms with van der Waals surface area (Å²) in [5, 5.41) is 5.79. The lowest BCUT2D eigenvalue weighted by molar-refractivity contribution is 0.103. The molecule has 1 amide bonds. The summed E-state index contributed by atoms with van der Waals surface area (Å²) < 4.78 is 5.66. The second kappa shape index (κ2) is 7.66. The van der Waals surface area contributed by atoms with Crippen molar-refractivity contribution < 1.29 is 9.53 Å². The van der Waals surface area contributed by atoms with Gasteiger partial charge in [-0.15, -0.1) is 11.3 Å². The van der Waals surface area contributed by atoms with Crippen LogP contribution in [0.1, 0.15) is 15.2 Å². The first-order valence-corrected chi connectivity index (χ1v) is 8.62. The number of aromatic nitrogens is 1. The van der Waals surface area contributed by atoms with Crippen LogP contribution in [0.15, 0.2) is 54.0 Å². The van der Waals surface area contributed by atoms with E-state index in [0.29, 0.717) is 27.3 Å². The maximum absolute atomic E-state index is 12.2. The molecule has 3 aromatic rings. The summed E-state index contributed by atoms with van der Waals surface area (Å²) in [6.45, 7) is 0.380. The minimum absolute atomic E-state index is 0.215. The van der Waals surface area contributed by atoms with Gasteiger partial charge in [0.2, 0.25) is 0 Å². The molecule has 1 aromatic carbocycles. The van der Waals surface area contributed by atoms with Crippen LogP contribution in [0, 0.1) is 0 Å². The summed E-state index contributed by atoms with van der Waals surface area (Å²) in [7, 11) is 0. The Bertz CT molecular complexity index is 833. The van der Waals surface area contributed by atoms with Crippen LogP contribution in [0.2, 0.25) is 10.0 Å². The second-order valence-electron chi connectivity index (χ2n) is 4.88. The average Bonchev–Trinajstić information content (AvgIpc) is 3.06. The number of halogens is 2. The molecule has 2 heterocycles. The van der Waals surface area contributed by atoms with Crippen molar-refractivity contribution in [3.63, 3.8) is 0 Å². The van der Waals surface area contributed by atoms with Crippen molar-refractivity contribution in [2.24, 2.45) is 0 Å². The van der Waals surface area contributed by atoms with Gasteiger partial charge in [-0.3, -0.25) is 4.79 Å². The molecule has 0 radical (unpaired) electrons. The molecule has 0 fully saturated rings. The normalized spacial score (nSPS) is 10.4. The minimum Gasteiger partial charge on any atom is -0.489 e. The molecule has 0 aliphatic heterocycles. The zero-order valence-corrected chi connectivity index (χ0v) is 14.7. The first kappa shape index (κ1) is 16.8. The van der Waals surface area contributed by atoms with Gasteiger partial charge >= 0.3 is 0 Å². The molecule has 7 heteroatoms. The standard InChI is InChI=1S/C17H12Cl2N2O2S/c18-12-1-4-14(5-2-12)23-9-11-7-15(24-10-11)17(22)21-16-6-3-13(19)8-20-16/h1-8,10H,9H2,(H,20,21,22). The largest absolute Gasteiger partial charge is 0.489 e. The van der Waals surface area contributed by atoms with E-state index in [1.165, 1.54) is 17.5 Å². The highest BCUT2D eigenvalue weighted by atomic mass is 35.5. The van der Waals surface area contributed by atoms with Crippen LogP contribution in [-0.2, 0) is 6.61 Å². The van der Waals surface area contributed by atoms with Crippen molar-refractivity contribution in [2.75, 3.05) is 5.32 Å². The van der Waals surface area contributed by atoms with Gasteiger partial charge in [-0.1, -0.05) is 23.2 Å². The van der Waals surface area contributed by atoms with Crippen LogP contribution in [0.5, 0.6) is 5.75 Å². The first-order valence-electron chi connectivity index (χ1n) is 6.99. The second-order valence-corrected chi connectivity index (χ2v) is 6.66. The molecular weight excluding hydrogens is 367 g/mol. The SMILES string of the molecule is O=C(Nc1ccc(Cl)cn1)c1cc(COc2ccc(Cl)cc2)cs1. The van der Waals surface area contributed by atoms with Gasteiger partial charge in [0.15, 0.2) is 0 Å². The van der Waals surface area contributed by atoms with Crippen LogP contribution in [-0.4, -0.2) is 10.9 Å². The number of pyridine rings is 1. The molecule has 122 valence electrons. The summed E-state index contributed by atoms with van der Waals surface area (Å²) in [5.41, 5.74) is 0.921. The molecule has 24 heavy (non-hydrogen) atoms. The molecule has 0 saturated heterocycles. The Balaban J connectivity index is 1.59. The molecule has 0 spiro atoms. The van der Waals surface area contributed by atoms with Crippen LogP contribution in [0.25, 0.3) is 0 Å². The first-order chi connectivity index (χ1) is 11.6. The van der Waals surface area contributed by atoms with Crippen LogP contribution in [0.3, 0.4) is 0 Å². The third-order valence-electron chi connectivity index (χ3n) is 3.07. The molecule has 0 unspecified atom stereocenters. The number of nitrogens with zero attached hydrogens (tertiary/aromatic N) is 1. The van der Waals surface area contributed by atoms with Crippen molar-refractivity contribution in [2.45, 2.75) is 6.61 Å². The van der Waals surface area contributed by atoms with Gasteiger partial charge in [0.05, 0.1) is 9.90 Å². The van der Waals surface area contributed by atoms with Gasteiger partial charge in [0.25, 0.3) is 5.91 Å². The van der Waals surface area contributed by atoms with Crippen LogP contribution in [0.4, 0.5) is 5.82 Å². The monoisotopic (exact) mass is 378 g/mol. The van der Waals surface area contributed by atoms with E-state index in [9.17, 15) is 4.79 Å². The molecular formula is C17H12Cl2N2O2S. The average molecular weight is 379 g/mol. The number of hydrogen-bond donors (Lipinski definition) is 1. The Morgan fingerprint density at radius 3 is 2.58 bits per heavy atom. The number of thiophene rings is 1. The van der Waals surface area contributed by atoms with Crippen LogP contribution < -0.4 is 10.1 Å². The summed E-state index contributed by atoms with van der Waals surface area (Å²) >= 11 is 13.0. The third-order valence-corrected chi connectivity index (χ3v) is 4.52. The number of amides is 1. The number of carbonyl (C=O) groups excluding carboxylic acids is 1. The fourth-order valence-corrected chi connectivity index (χ4v) is 2.93. The number of ether oxygens (including phenoxy) is 1. The van der Waals surface area contributed by atoms with Gasteiger partial charge in [-0.2, -0.15) is 0 Å². The summed E-state index contributed by atoms with van der Waals surface area (Å²) in [6.07, 6.45) is 1.48. The number of hydrogen-bond acceptors (Lipinski definition) is 4. The quantitative estimate of drug-likeness (QED) is 0.656. The van der Waals surface area contributed by atoms with Gasteiger partial charge in [0.1, 0.15) is 18.2 Å². The zero-order valence-electron chi connectivity index (χ0n) is 12.3. The predicted molar refractivity (Wildman–Crippen MR) is 97.3 cm³/mol. The van der Waals surface area contributed by atoms with E-state index in [1.807, 2.05) is 5.38 Å². The van der Waals surface area contributed by atoms with Gasteiger partial charge < -0.3 is 10.1 Å². The highest BCUT2D eigenvalue weighted by molar-refractivity contribution is 7.12. The maximum atomic E-state index is 12.2. The molecule has 0 aliphatic carbocycles. The Kier molecular flexibility index (Phi) is 5.35. The molecule has 0 bridgehead atoms. The van der Waals surface area contributed by atoms with Crippen molar-refractivity contribution in [1.82, 2.24) is 4.98 Å². The Morgan fingerprint density at radius 2 is 1.88 bits per heavy atom. The fourth-order valence-electron chi connectivity index (χ4n) is 1.90. The minimum atomic E-state index is -0.215. The summed E-state index contributed by atoms with van der Waals surface area (Å²) in [4.78, 5) is 16.8. The third kappa shape index (κ3) is 4.47.